The number of likely N-dealkylation sites (N-methyl/N-ethyl adjacent to an activating group) is 1. The SMILES string of the molecule is CC(C)C(=O)Oc1ccc2c3c1O[C@H]1C(=O)CC[C@@]4(O)[C@@H](C2)[N@+](C)(CC2CC2)CC[C@]314. The van der Waals surface area contributed by atoms with Gasteiger partial charge >= 0.3 is 5.97 Å². The number of rotatable bonds is 4. The van der Waals surface area contributed by atoms with E-state index in [9.17, 15) is 14.7 Å². The number of piperidine rings is 1. The van der Waals surface area contributed by atoms with E-state index in [2.05, 4.69) is 7.05 Å². The Labute approximate surface area is 183 Å². The number of carbonyl (C=O) groups excluding carboxylic acids is 2. The van der Waals surface area contributed by atoms with Crippen LogP contribution < -0.4 is 9.47 Å². The number of ketones is 1. The molecule has 2 aliphatic heterocycles. The summed E-state index contributed by atoms with van der Waals surface area (Å²) >= 11 is 0. The maximum Gasteiger partial charge on any atom is 0.313 e. The summed E-state index contributed by atoms with van der Waals surface area (Å²) in [6.45, 7) is 5.64. The van der Waals surface area contributed by atoms with Gasteiger partial charge in [0.2, 0.25) is 0 Å². The van der Waals surface area contributed by atoms with Gasteiger partial charge in [-0.15, -0.1) is 0 Å². The second-order valence-corrected chi connectivity index (χ2v) is 11.2. The molecule has 1 saturated heterocycles. The topological polar surface area (TPSA) is 72.8 Å². The van der Waals surface area contributed by atoms with E-state index in [-0.39, 0.29) is 23.7 Å². The van der Waals surface area contributed by atoms with Crippen molar-refractivity contribution in [1.29, 1.82) is 0 Å². The van der Waals surface area contributed by atoms with E-state index < -0.39 is 17.1 Å². The largest absolute Gasteiger partial charge is 0.477 e. The van der Waals surface area contributed by atoms with E-state index in [1.165, 1.54) is 12.8 Å². The fourth-order valence-corrected chi connectivity index (χ4v) is 7.23. The van der Waals surface area contributed by atoms with Gasteiger partial charge < -0.3 is 19.1 Å². The molecule has 5 aliphatic rings. The van der Waals surface area contributed by atoms with Crippen LogP contribution in [0.2, 0.25) is 0 Å². The Kier molecular flexibility index (Phi) is 3.89. The van der Waals surface area contributed by atoms with Crippen LogP contribution in [-0.2, 0) is 21.4 Å². The average molecular weight is 427 g/mol. The smallest absolute Gasteiger partial charge is 0.313 e. The molecule has 31 heavy (non-hydrogen) atoms. The van der Waals surface area contributed by atoms with Crippen LogP contribution in [0.1, 0.15) is 57.1 Å². The first-order valence-electron chi connectivity index (χ1n) is 11.8. The zero-order valence-corrected chi connectivity index (χ0v) is 18.6. The number of benzene rings is 1. The Bertz CT molecular complexity index is 1000. The molecule has 3 fully saturated rings. The minimum Gasteiger partial charge on any atom is -0.477 e. The quantitative estimate of drug-likeness (QED) is 0.455. The van der Waals surface area contributed by atoms with Crippen molar-refractivity contribution in [2.75, 3.05) is 20.1 Å². The molecule has 166 valence electrons. The van der Waals surface area contributed by atoms with Gasteiger partial charge in [0.05, 0.1) is 31.5 Å². The Morgan fingerprint density at radius 1 is 1.32 bits per heavy atom. The molecule has 2 heterocycles. The van der Waals surface area contributed by atoms with E-state index >= 15 is 0 Å². The average Bonchev–Trinajstić information content (AvgIpc) is 3.44. The van der Waals surface area contributed by atoms with Crippen LogP contribution in [0.5, 0.6) is 11.5 Å². The summed E-state index contributed by atoms with van der Waals surface area (Å²) in [7, 11) is 2.31. The molecule has 0 aromatic heterocycles. The van der Waals surface area contributed by atoms with Crippen LogP contribution in [0.3, 0.4) is 0 Å². The highest BCUT2D eigenvalue weighted by atomic mass is 16.6. The van der Waals surface area contributed by atoms with Crippen molar-refractivity contribution in [3.8, 4) is 11.5 Å². The van der Waals surface area contributed by atoms with Crippen molar-refractivity contribution in [2.24, 2.45) is 11.8 Å². The van der Waals surface area contributed by atoms with Crippen LogP contribution in [0.25, 0.3) is 0 Å². The van der Waals surface area contributed by atoms with Gasteiger partial charge in [0, 0.05) is 30.7 Å². The van der Waals surface area contributed by atoms with E-state index in [1.807, 2.05) is 12.1 Å². The van der Waals surface area contributed by atoms with Crippen molar-refractivity contribution < 1.29 is 28.7 Å². The molecule has 0 amide bonds. The van der Waals surface area contributed by atoms with Crippen molar-refractivity contribution in [3.05, 3.63) is 23.3 Å². The zero-order chi connectivity index (χ0) is 21.8. The Balaban J connectivity index is 1.52. The molecular formula is C25H32NO5+. The fourth-order valence-electron chi connectivity index (χ4n) is 7.23. The van der Waals surface area contributed by atoms with Crippen molar-refractivity contribution in [3.63, 3.8) is 0 Å². The molecule has 1 N–H and O–H groups in total. The standard InChI is InChI=1S/C25H32NO5/c1-14(2)23(28)30-18-7-6-16-12-19-25(29)9-8-17(27)22-24(25,20(16)21(18)31-22)10-11-26(19,3)13-15-4-5-15/h6-7,14-15,19,22,29H,4-5,8-13H2,1-3H3/q+1/t19-,22+,24+,25-,26+/m1/s1. The van der Waals surface area contributed by atoms with Gasteiger partial charge in [-0.2, -0.15) is 0 Å². The number of aliphatic hydroxyl groups is 1. The molecule has 1 aromatic carbocycles. The summed E-state index contributed by atoms with van der Waals surface area (Å²) in [4.78, 5) is 25.4. The molecule has 0 radical (unpaired) electrons. The van der Waals surface area contributed by atoms with Gasteiger partial charge in [0.1, 0.15) is 11.6 Å². The monoisotopic (exact) mass is 426 g/mol. The number of Topliss-reactive ketones (excluding diaryl/α,β-unsaturated/α-hetero) is 1. The van der Waals surface area contributed by atoms with Crippen molar-refractivity contribution >= 4 is 11.8 Å². The number of hydrogen-bond donors (Lipinski definition) is 1. The first-order chi connectivity index (χ1) is 14.7. The van der Waals surface area contributed by atoms with Crippen molar-refractivity contribution in [2.45, 2.75) is 75.5 Å². The van der Waals surface area contributed by atoms with Gasteiger partial charge in [0.25, 0.3) is 0 Å². The van der Waals surface area contributed by atoms with Gasteiger partial charge in [-0.1, -0.05) is 19.9 Å². The van der Waals surface area contributed by atoms with Crippen LogP contribution in [0.15, 0.2) is 12.1 Å². The lowest BCUT2D eigenvalue weighted by Gasteiger charge is -2.64. The zero-order valence-electron chi connectivity index (χ0n) is 18.6. The van der Waals surface area contributed by atoms with Crippen LogP contribution in [0.4, 0.5) is 0 Å². The molecule has 1 aromatic rings. The number of likely N-dealkylation sites (tertiary alicyclic amines) is 1. The molecule has 6 rings (SSSR count). The molecule has 6 nitrogen and oxygen atoms in total. The predicted molar refractivity (Wildman–Crippen MR) is 113 cm³/mol. The first kappa shape index (κ1) is 19.7. The van der Waals surface area contributed by atoms with Crippen LogP contribution >= 0.6 is 0 Å². The number of hydrogen-bond acceptors (Lipinski definition) is 5. The summed E-state index contributed by atoms with van der Waals surface area (Å²) in [5, 5.41) is 12.4. The molecule has 0 unspecified atom stereocenters. The normalized spacial score (nSPS) is 39.8. The van der Waals surface area contributed by atoms with Crippen molar-refractivity contribution in [1.82, 2.24) is 0 Å². The lowest BCUT2D eigenvalue weighted by molar-refractivity contribution is -0.950. The van der Waals surface area contributed by atoms with Gasteiger partial charge in [0.15, 0.2) is 23.4 Å². The molecular weight excluding hydrogens is 394 g/mol. The second kappa shape index (κ2) is 6.10. The van der Waals surface area contributed by atoms with Gasteiger partial charge in [-0.05, 0) is 30.9 Å². The van der Waals surface area contributed by atoms with Gasteiger partial charge in [-0.25, -0.2) is 0 Å². The molecule has 2 saturated carbocycles. The summed E-state index contributed by atoms with van der Waals surface area (Å²) < 4.78 is 12.9. The second-order valence-electron chi connectivity index (χ2n) is 11.2. The molecule has 6 heteroatoms. The lowest BCUT2D eigenvalue weighted by Crippen LogP contribution is -2.80. The summed E-state index contributed by atoms with van der Waals surface area (Å²) in [6, 6.07) is 3.91. The molecule has 5 atom stereocenters. The fraction of sp³-hybridized carbons (Fsp3) is 0.680. The predicted octanol–water partition coefficient (Wildman–Crippen LogP) is 2.53. The Hall–Kier alpha value is -1.92. The Morgan fingerprint density at radius 3 is 2.81 bits per heavy atom. The number of quaternary nitrogens is 1. The lowest BCUT2D eigenvalue weighted by atomic mass is 9.48. The minimum atomic E-state index is -0.980. The molecule has 2 bridgehead atoms. The minimum absolute atomic E-state index is 0.0589. The third-order valence-electron chi connectivity index (χ3n) is 8.94. The van der Waals surface area contributed by atoms with E-state index in [1.54, 1.807) is 13.8 Å². The Morgan fingerprint density at radius 2 is 2.10 bits per heavy atom. The van der Waals surface area contributed by atoms with Crippen LogP contribution in [-0.4, -0.2) is 59.2 Å². The van der Waals surface area contributed by atoms with E-state index in [0.717, 1.165) is 47.5 Å². The third-order valence-corrected chi connectivity index (χ3v) is 8.94. The highest BCUT2D eigenvalue weighted by Crippen LogP contribution is 2.66. The number of nitrogens with zero attached hydrogens (tertiary/aromatic N) is 1. The van der Waals surface area contributed by atoms with E-state index in [4.69, 9.17) is 9.47 Å². The maximum absolute atomic E-state index is 13.1. The maximum atomic E-state index is 13.1. The highest BCUT2D eigenvalue weighted by Gasteiger charge is 2.76. The highest BCUT2D eigenvalue weighted by molar-refractivity contribution is 5.90. The summed E-state index contributed by atoms with van der Waals surface area (Å²) in [5.74, 6) is 1.14. The first-order valence-corrected chi connectivity index (χ1v) is 11.8. The third kappa shape index (κ3) is 2.41. The molecule has 3 aliphatic carbocycles. The summed E-state index contributed by atoms with van der Waals surface area (Å²) in [5.41, 5.74) is 0.381. The number of ether oxygens (including phenoxy) is 2. The van der Waals surface area contributed by atoms with E-state index in [0.29, 0.717) is 24.3 Å². The molecule has 1 spiro atoms. The summed E-state index contributed by atoms with van der Waals surface area (Å²) in [6.07, 6.45) is 4.22. The number of esters is 1. The van der Waals surface area contributed by atoms with Gasteiger partial charge in [-0.3, -0.25) is 9.59 Å². The number of carbonyl (C=O) groups is 2. The van der Waals surface area contributed by atoms with Crippen LogP contribution in [0, 0.1) is 11.8 Å².